The summed E-state index contributed by atoms with van der Waals surface area (Å²) in [6.45, 7) is 1.99. The quantitative estimate of drug-likeness (QED) is 0.891. The SMILES string of the molecule is Nc1ncc2c(n1)C1(CCN(C(=O)c3cccn3C3CC3)CC1)OCC2. The fraction of sp³-hybridized carbons (Fsp3) is 0.526. The van der Waals surface area contributed by atoms with Crippen LogP contribution in [0.5, 0.6) is 0 Å². The number of fused-ring (bicyclic) bond motifs is 2. The Morgan fingerprint density at radius 2 is 2.12 bits per heavy atom. The van der Waals surface area contributed by atoms with E-state index in [2.05, 4.69) is 14.5 Å². The molecule has 1 spiro atoms. The molecule has 2 aromatic rings. The van der Waals surface area contributed by atoms with Gasteiger partial charge in [0.2, 0.25) is 5.95 Å². The average Bonchev–Trinajstić information content (AvgIpc) is 3.39. The Bertz CT molecular complexity index is 849. The third kappa shape index (κ3) is 2.49. The smallest absolute Gasteiger partial charge is 0.270 e. The molecule has 1 amide bonds. The minimum absolute atomic E-state index is 0.120. The molecule has 2 fully saturated rings. The van der Waals surface area contributed by atoms with Crippen LogP contribution in [0.3, 0.4) is 0 Å². The van der Waals surface area contributed by atoms with Crippen LogP contribution in [-0.2, 0) is 16.8 Å². The number of nitrogens with zero attached hydrogens (tertiary/aromatic N) is 4. The predicted molar refractivity (Wildman–Crippen MR) is 95.6 cm³/mol. The van der Waals surface area contributed by atoms with E-state index >= 15 is 0 Å². The van der Waals surface area contributed by atoms with Gasteiger partial charge in [-0.05, 0) is 49.8 Å². The molecule has 2 aliphatic heterocycles. The lowest BCUT2D eigenvalue weighted by molar-refractivity contribution is -0.0967. The molecule has 7 nitrogen and oxygen atoms in total. The highest BCUT2D eigenvalue weighted by Crippen LogP contribution is 2.41. The summed E-state index contributed by atoms with van der Waals surface area (Å²) in [7, 11) is 0. The van der Waals surface area contributed by atoms with Crippen LogP contribution in [0.2, 0.25) is 0 Å². The highest BCUT2D eigenvalue weighted by Gasteiger charge is 2.43. The van der Waals surface area contributed by atoms with Crippen LogP contribution in [0.4, 0.5) is 5.95 Å². The molecule has 0 bridgehead atoms. The van der Waals surface area contributed by atoms with Crippen LogP contribution < -0.4 is 5.73 Å². The first-order chi connectivity index (χ1) is 12.7. The van der Waals surface area contributed by atoms with Gasteiger partial charge < -0.3 is 19.9 Å². The summed E-state index contributed by atoms with van der Waals surface area (Å²) in [5.74, 6) is 0.407. The molecule has 0 radical (unpaired) electrons. The predicted octanol–water partition coefficient (Wildman–Crippen LogP) is 1.90. The van der Waals surface area contributed by atoms with Gasteiger partial charge in [-0.2, -0.15) is 0 Å². The first-order valence-corrected chi connectivity index (χ1v) is 9.38. The molecule has 1 saturated heterocycles. The summed E-state index contributed by atoms with van der Waals surface area (Å²) < 4.78 is 8.32. The summed E-state index contributed by atoms with van der Waals surface area (Å²) >= 11 is 0. The number of anilines is 1. The lowest BCUT2D eigenvalue weighted by Gasteiger charge is -2.44. The van der Waals surface area contributed by atoms with Crippen molar-refractivity contribution in [2.75, 3.05) is 25.4 Å². The van der Waals surface area contributed by atoms with E-state index in [0.717, 1.165) is 36.2 Å². The molecule has 4 heterocycles. The fourth-order valence-electron chi connectivity index (χ4n) is 4.28. The van der Waals surface area contributed by atoms with E-state index in [4.69, 9.17) is 10.5 Å². The first-order valence-electron chi connectivity index (χ1n) is 9.38. The van der Waals surface area contributed by atoms with E-state index in [9.17, 15) is 4.79 Å². The number of amides is 1. The van der Waals surface area contributed by atoms with Crippen molar-refractivity contribution in [2.45, 2.75) is 43.7 Å². The van der Waals surface area contributed by atoms with Gasteiger partial charge in [-0.25, -0.2) is 9.97 Å². The Hall–Kier alpha value is -2.41. The van der Waals surface area contributed by atoms with E-state index in [0.29, 0.717) is 25.7 Å². The number of nitrogens with two attached hydrogens (primary N) is 1. The van der Waals surface area contributed by atoms with Crippen molar-refractivity contribution < 1.29 is 9.53 Å². The van der Waals surface area contributed by atoms with Gasteiger partial charge in [0.1, 0.15) is 11.3 Å². The van der Waals surface area contributed by atoms with Crippen LogP contribution in [0.15, 0.2) is 24.5 Å². The molecule has 1 aliphatic carbocycles. The average molecular weight is 353 g/mol. The maximum atomic E-state index is 13.0. The standard InChI is InChI=1S/C19H23N5O2/c20-18-21-12-13-5-11-26-19(16(13)22-18)6-9-23(10-7-19)17(25)15-2-1-8-24(15)14-3-4-14/h1-2,8,12,14H,3-7,9-11H2,(H2,20,21,22). The van der Waals surface area contributed by atoms with Crippen molar-refractivity contribution in [3.8, 4) is 0 Å². The molecule has 2 aromatic heterocycles. The van der Waals surface area contributed by atoms with E-state index < -0.39 is 5.60 Å². The van der Waals surface area contributed by atoms with E-state index in [-0.39, 0.29) is 11.9 Å². The second kappa shape index (κ2) is 5.81. The number of carbonyl (C=O) groups excluding carboxylic acids is 1. The Balaban J connectivity index is 1.36. The van der Waals surface area contributed by atoms with E-state index in [1.807, 2.05) is 29.4 Å². The monoisotopic (exact) mass is 353 g/mol. The molecule has 0 unspecified atom stereocenters. The van der Waals surface area contributed by atoms with Crippen LogP contribution in [-0.4, -0.2) is 45.0 Å². The summed E-state index contributed by atoms with van der Waals surface area (Å²) in [5, 5.41) is 0. The van der Waals surface area contributed by atoms with Gasteiger partial charge in [0, 0.05) is 31.5 Å². The van der Waals surface area contributed by atoms with Crippen molar-refractivity contribution in [1.82, 2.24) is 19.4 Å². The van der Waals surface area contributed by atoms with E-state index in [1.54, 1.807) is 0 Å². The Kier molecular flexibility index (Phi) is 3.53. The molecular weight excluding hydrogens is 330 g/mol. The van der Waals surface area contributed by atoms with Gasteiger partial charge in [0.05, 0.1) is 12.3 Å². The summed E-state index contributed by atoms with van der Waals surface area (Å²) in [6.07, 6.45) is 8.49. The number of carbonyl (C=O) groups is 1. The minimum atomic E-state index is -0.431. The van der Waals surface area contributed by atoms with Crippen molar-refractivity contribution in [3.05, 3.63) is 41.5 Å². The number of nitrogen functional groups attached to an aromatic ring is 1. The molecular formula is C19H23N5O2. The lowest BCUT2D eigenvalue weighted by atomic mass is 9.83. The molecule has 26 heavy (non-hydrogen) atoms. The van der Waals surface area contributed by atoms with Crippen LogP contribution in [0.25, 0.3) is 0 Å². The Labute approximate surface area is 152 Å². The lowest BCUT2D eigenvalue weighted by Crippen LogP contribution is -2.49. The normalized spacial score (nSPS) is 21.6. The summed E-state index contributed by atoms with van der Waals surface area (Å²) in [5.41, 5.74) is 8.23. The largest absolute Gasteiger partial charge is 0.368 e. The topological polar surface area (TPSA) is 86.3 Å². The zero-order valence-electron chi connectivity index (χ0n) is 14.7. The summed E-state index contributed by atoms with van der Waals surface area (Å²) in [6, 6.07) is 4.41. The zero-order chi connectivity index (χ0) is 17.7. The fourth-order valence-corrected chi connectivity index (χ4v) is 4.28. The zero-order valence-corrected chi connectivity index (χ0v) is 14.7. The van der Waals surface area contributed by atoms with Crippen LogP contribution >= 0.6 is 0 Å². The van der Waals surface area contributed by atoms with Gasteiger partial charge >= 0.3 is 0 Å². The molecule has 7 heteroatoms. The highest BCUT2D eigenvalue weighted by atomic mass is 16.5. The third-order valence-corrected chi connectivity index (χ3v) is 5.86. The van der Waals surface area contributed by atoms with Crippen molar-refractivity contribution in [3.63, 3.8) is 0 Å². The number of aromatic nitrogens is 3. The molecule has 5 rings (SSSR count). The van der Waals surface area contributed by atoms with Gasteiger partial charge in [0.25, 0.3) is 5.91 Å². The van der Waals surface area contributed by atoms with Crippen molar-refractivity contribution in [2.24, 2.45) is 0 Å². The van der Waals surface area contributed by atoms with Gasteiger partial charge in [0.15, 0.2) is 0 Å². The number of likely N-dealkylation sites (tertiary alicyclic amines) is 1. The minimum Gasteiger partial charge on any atom is -0.368 e. The maximum absolute atomic E-state index is 13.0. The molecule has 2 N–H and O–H groups in total. The van der Waals surface area contributed by atoms with E-state index in [1.165, 1.54) is 12.8 Å². The third-order valence-electron chi connectivity index (χ3n) is 5.86. The van der Waals surface area contributed by atoms with Crippen molar-refractivity contribution in [1.29, 1.82) is 0 Å². The summed E-state index contributed by atoms with van der Waals surface area (Å²) in [4.78, 5) is 23.6. The molecule has 1 saturated carbocycles. The number of hydrogen-bond donors (Lipinski definition) is 1. The van der Waals surface area contributed by atoms with Gasteiger partial charge in [-0.1, -0.05) is 0 Å². The van der Waals surface area contributed by atoms with Gasteiger partial charge in [-0.3, -0.25) is 4.79 Å². The van der Waals surface area contributed by atoms with Crippen LogP contribution in [0, 0.1) is 0 Å². The molecule has 136 valence electrons. The Morgan fingerprint density at radius 1 is 1.31 bits per heavy atom. The number of piperidine rings is 1. The number of hydrogen-bond acceptors (Lipinski definition) is 5. The first kappa shape index (κ1) is 15.8. The molecule has 0 aromatic carbocycles. The number of rotatable bonds is 2. The second-order valence-corrected chi connectivity index (χ2v) is 7.52. The Morgan fingerprint density at radius 3 is 2.88 bits per heavy atom. The second-order valence-electron chi connectivity index (χ2n) is 7.52. The highest BCUT2D eigenvalue weighted by molar-refractivity contribution is 5.93. The van der Waals surface area contributed by atoms with Crippen LogP contribution in [0.1, 0.15) is 53.5 Å². The maximum Gasteiger partial charge on any atom is 0.270 e. The van der Waals surface area contributed by atoms with Crippen molar-refractivity contribution >= 4 is 11.9 Å². The van der Waals surface area contributed by atoms with Gasteiger partial charge in [-0.15, -0.1) is 0 Å². The number of ether oxygens (including phenoxy) is 1. The molecule has 0 atom stereocenters. The molecule has 3 aliphatic rings.